The Bertz CT molecular complexity index is 998. The van der Waals surface area contributed by atoms with Gasteiger partial charge in [0.05, 0.1) is 19.4 Å². The molecule has 2 aromatic carbocycles. The minimum absolute atomic E-state index is 0.263. The van der Waals surface area contributed by atoms with Crippen LogP contribution in [0.3, 0.4) is 0 Å². The fourth-order valence-electron chi connectivity index (χ4n) is 2.54. The number of nitrogens with zero attached hydrogens (tertiary/aromatic N) is 1. The third-order valence-electron chi connectivity index (χ3n) is 3.83. The molecule has 0 radical (unpaired) electrons. The molecule has 3 rings (SSSR count). The van der Waals surface area contributed by atoms with Crippen molar-refractivity contribution in [1.29, 1.82) is 0 Å². The third kappa shape index (κ3) is 4.89. The molecule has 144 valence electrons. The van der Waals surface area contributed by atoms with E-state index in [0.717, 1.165) is 16.8 Å². The van der Waals surface area contributed by atoms with Gasteiger partial charge in [-0.2, -0.15) is 0 Å². The highest BCUT2D eigenvalue weighted by atomic mass is 32.1. The summed E-state index contributed by atoms with van der Waals surface area (Å²) in [6, 6.07) is 13.0. The third-order valence-corrected chi connectivity index (χ3v) is 4.59. The highest BCUT2D eigenvalue weighted by Crippen LogP contribution is 2.29. The van der Waals surface area contributed by atoms with Crippen molar-refractivity contribution >= 4 is 34.1 Å². The van der Waals surface area contributed by atoms with Gasteiger partial charge in [0.15, 0.2) is 16.6 Å². The van der Waals surface area contributed by atoms with Gasteiger partial charge < -0.3 is 15.2 Å². The summed E-state index contributed by atoms with van der Waals surface area (Å²) in [6.45, 7) is 2.47. The number of nitrogens with two attached hydrogens (primary N) is 1. The fraction of sp³-hybridized carbons (Fsp3) is 0.143. The van der Waals surface area contributed by atoms with Crippen molar-refractivity contribution in [3.05, 3.63) is 59.5 Å². The number of hydrogen-bond donors (Lipinski definition) is 2. The average molecular weight is 395 g/mol. The second-order valence-corrected chi connectivity index (χ2v) is 6.69. The van der Waals surface area contributed by atoms with Crippen LogP contribution in [0.1, 0.15) is 12.5 Å². The van der Waals surface area contributed by atoms with Crippen LogP contribution in [0.5, 0.6) is 11.5 Å². The van der Waals surface area contributed by atoms with Crippen LogP contribution in [0.4, 0.5) is 10.8 Å². The van der Waals surface area contributed by atoms with Crippen molar-refractivity contribution in [2.45, 2.75) is 6.92 Å². The molecule has 6 nitrogen and oxygen atoms in total. The minimum Gasteiger partial charge on any atom is -0.493 e. The lowest BCUT2D eigenvalue weighted by molar-refractivity contribution is -0.111. The van der Waals surface area contributed by atoms with E-state index >= 15 is 0 Å². The molecule has 0 fully saturated rings. The molecule has 1 aromatic heterocycles. The molecule has 0 bridgehead atoms. The van der Waals surface area contributed by atoms with Crippen LogP contribution in [0, 0.1) is 0 Å². The molecule has 1 heterocycles. The molecule has 0 aliphatic carbocycles. The number of carbonyl (C=O) groups is 1. The highest BCUT2D eigenvalue weighted by Gasteiger charge is 2.07. The molecule has 0 saturated carbocycles. The van der Waals surface area contributed by atoms with Crippen LogP contribution in [0.2, 0.25) is 0 Å². The van der Waals surface area contributed by atoms with Crippen molar-refractivity contribution in [1.82, 2.24) is 4.98 Å². The van der Waals surface area contributed by atoms with Crippen molar-refractivity contribution in [2.24, 2.45) is 0 Å². The molecule has 7 heteroatoms. The molecule has 0 spiro atoms. The zero-order valence-corrected chi connectivity index (χ0v) is 16.5. The molecule has 3 aromatic rings. The summed E-state index contributed by atoms with van der Waals surface area (Å²) in [5, 5.41) is 5.18. The molecule has 1 amide bonds. The second kappa shape index (κ2) is 9.05. The zero-order valence-electron chi connectivity index (χ0n) is 15.6. The first-order valence-corrected chi connectivity index (χ1v) is 9.58. The van der Waals surface area contributed by atoms with E-state index in [-0.39, 0.29) is 5.91 Å². The topological polar surface area (TPSA) is 86.5 Å². The van der Waals surface area contributed by atoms with Gasteiger partial charge in [0.1, 0.15) is 0 Å². The van der Waals surface area contributed by atoms with Crippen LogP contribution < -0.4 is 20.5 Å². The number of amides is 1. The number of anilines is 2. The molecular weight excluding hydrogens is 374 g/mol. The number of benzene rings is 2. The smallest absolute Gasteiger partial charge is 0.250 e. The van der Waals surface area contributed by atoms with Gasteiger partial charge in [-0.1, -0.05) is 18.2 Å². The van der Waals surface area contributed by atoms with Gasteiger partial charge >= 0.3 is 0 Å². The number of nitrogens with one attached hydrogen (secondary N) is 1. The van der Waals surface area contributed by atoms with Crippen LogP contribution in [0.25, 0.3) is 17.3 Å². The van der Waals surface area contributed by atoms with E-state index in [1.165, 1.54) is 17.4 Å². The molecule has 3 N–H and O–H groups in total. The Morgan fingerprint density at radius 2 is 2.11 bits per heavy atom. The number of thiazole rings is 1. The number of carbonyl (C=O) groups excluding carboxylic acids is 1. The van der Waals surface area contributed by atoms with Gasteiger partial charge in [-0.25, -0.2) is 4.98 Å². The van der Waals surface area contributed by atoms with E-state index in [1.807, 2.05) is 54.8 Å². The number of rotatable bonds is 7. The predicted octanol–water partition coefficient (Wildman–Crippen LogP) is 4.45. The summed E-state index contributed by atoms with van der Waals surface area (Å²) in [5.74, 6) is 1.03. The van der Waals surface area contributed by atoms with Gasteiger partial charge in [0, 0.05) is 22.7 Å². The van der Waals surface area contributed by atoms with Crippen molar-refractivity contribution < 1.29 is 14.3 Å². The first-order chi connectivity index (χ1) is 13.6. The van der Waals surface area contributed by atoms with Crippen molar-refractivity contribution in [2.75, 3.05) is 24.8 Å². The fourth-order valence-corrected chi connectivity index (χ4v) is 3.27. The number of methoxy groups -OCH3 is 1. The summed E-state index contributed by atoms with van der Waals surface area (Å²) in [4.78, 5) is 16.6. The van der Waals surface area contributed by atoms with E-state index in [9.17, 15) is 4.79 Å². The maximum atomic E-state index is 12.2. The van der Waals surface area contributed by atoms with Gasteiger partial charge in [-0.05, 0) is 42.8 Å². The average Bonchev–Trinajstić information content (AvgIpc) is 3.16. The monoisotopic (exact) mass is 395 g/mol. The lowest BCUT2D eigenvalue weighted by Gasteiger charge is -2.09. The summed E-state index contributed by atoms with van der Waals surface area (Å²) in [6.07, 6.45) is 3.16. The van der Waals surface area contributed by atoms with E-state index in [2.05, 4.69) is 10.3 Å². The van der Waals surface area contributed by atoms with Crippen LogP contribution in [0.15, 0.2) is 53.9 Å². The number of nitrogen functional groups attached to an aromatic ring is 1. The molecule has 28 heavy (non-hydrogen) atoms. The number of ether oxygens (including phenoxy) is 2. The molecule has 0 saturated heterocycles. The maximum Gasteiger partial charge on any atom is 0.250 e. The first kappa shape index (κ1) is 19.4. The Labute approximate surface area is 167 Å². The zero-order chi connectivity index (χ0) is 19.9. The first-order valence-electron chi connectivity index (χ1n) is 8.70. The molecule has 0 aliphatic heterocycles. The van der Waals surface area contributed by atoms with E-state index in [4.69, 9.17) is 15.2 Å². The molecule has 0 atom stereocenters. The highest BCUT2D eigenvalue weighted by molar-refractivity contribution is 7.14. The van der Waals surface area contributed by atoms with E-state index in [0.29, 0.717) is 28.9 Å². The largest absolute Gasteiger partial charge is 0.493 e. The van der Waals surface area contributed by atoms with Crippen LogP contribution in [-0.4, -0.2) is 24.6 Å². The normalized spacial score (nSPS) is 10.8. The second-order valence-electron chi connectivity index (χ2n) is 5.83. The molecule has 0 aliphatic rings. The summed E-state index contributed by atoms with van der Waals surface area (Å²) < 4.78 is 10.8. The van der Waals surface area contributed by atoms with Crippen molar-refractivity contribution in [3.63, 3.8) is 0 Å². The molecule has 0 unspecified atom stereocenters. The minimum atomic E-state index is -0.263. The van der Waals surface area contributed by atoms with E-state index < -0.39 is 0 Å². The number of hydrogen-bond acceptors (Lipinski definition) is 6. The predicted molar refractivity (Wildman–Crippen MR) is 114 cm³/mol. The van der Waals surface area contributed by atoms with E-state index in [1.54, 1.807) is 13.2 Å². The SMILES string of the molecule is CCOc1ccc(/C=C/C(=O)Nc2nc(-c3cccc(N)c3)cs2)cc1OC. The Morgan fingerprint density at radius 3 is 2.86 bits per heavy atom. The Balaban J connectivity index is 1.66. The number of aromatic nitrogens is 1. The Morgan fingerprint density at radius 1 is 1.25 bits per heavy atom. The summed E-state index contributed by atoms with van der Waals surface area (Å²) in [5.41, 5.74) is 8.99. The van der Waals surface area contributed by atoms with Gasteiger partial charge in [-0.15, -0.1) is 11.3 Å². The maximum absolute atomic E-state index is 12.2. The van der Waals surface area contributed by atoms with Gasteiger partial charge in [-0.3, -0.25) is 10.1 Å². The van der Waals surface area contributed by atoms with Gasteiger partial charge in [0.25, 0.3) is 0 Å². The van der Waals surface area contributed by atoms with Gasteiger partial charge in [0.2, 0.25) is 5.91 Å². The standard InChI is InChI=1S/C21H21N3O3S/c1-3-27-18-9-7-14(11-19(18)26-2)8-10-20(25)24-21-23-17(13-28-21)15-5-4-6-16(22)12-15/h4-13H,3,22H2,1-2H3,(H,23,24,25)/b10-8+. The Kier molecular flexibility index (Phi) is 6.29. The molecular formula is C21H21N3O3S. The quantitative estimate of drug-likeness (QED) is 0.456. The van der Waals surface area contributed by atoms with Crippen LogP contribution >= 0.6 is 11.3 Å². The summed E-state index contributed by atoms with van der Waals surface area (Å²) >= 11 is 1.36. The van der Waals surface area contributed by atoms with Crippen molar-refractivity contribution in [3.8, 4) is 22.8 Å². The lowest BCUT2D eigenvalue weighted by Crippen LogP contribution is -2.07. The lowest BCUT2D eigenvalue weighted by atomic mass is 10.1. The summed E-state index contributed by atoms with van der Waals surface area (Å²) in [7, 11) is 1.58. The Hall–Kier alpha value is -3.32. The van der Waals surface area contributed by atoms with Crippen LogP contribution in [-0.2, 0) is 4.79 Å².